The van der Waals surface area contributed by atoms with E-state index in [0.717, 1.165) is 19.0 Å². The van der Waals surface area contributed by atoms with Crippen molar-refractivity contribution in [2.45, 2.75) is 19.3 Å². The molecular formula is C16H20N4O6. The Bertz CT molecular complexity index is 721. The third-order valence-corrected chi connectivity index (χ3v) is 3.91. The maximum absolute atomic E-state index is 12.0. The molecule has 0 unspecified atom stereocenters. The molecule has 1 aliphatic heterocycles. The van der Waals surface area contributed by atoms with Gasteiger partial charge in [-0.15, -0.1) is 0 Å². The molecule has 3 amide bonds. The van der Waals surface area contributed by atoms with Crippen molar-refractivity contribution in [3.05, 3.63) is 28.3 Å². The van der Waals surface area contributed by atoms with Crippen LogP contribution in [0.1, 0.15) is 19.3 Å². The lowest BCUT2D eigenvalue weighted by molar-refractivity contribution is -0.384. The summed E-state index contributed by atoms with van der Waals surface area (Å²) in [7, 11) is 1.34. The summed E-state index contributed by atoms with van der Waals surface area (Å²) in [5.74, 6) is -1.52. The van der Waals surface area contributed by atoms with Crippen LogP contribution >= 0.6 is 0 Å². The molecule has 1 aromatic carbocycles. The van der Waals surface area contributed by atoms with Crippen LogP contribution in [-0.2, 0) is 14.4 Å². The van der Waals surface area contributed by atoms with E-state index in [1.165, 1.54) is 19.2 Å². The average Bonchev–Trinajstić information content (AvgIpc) is 3.03. The van der Waals surface area contributed by atoms with E-state index in [1.54, 1.807) is 4.90 Å². The number of benzene rings is 1. The highest BCUT2D eigenvalue weighted by Gasteiger charge is 2.20. The van der Waals surface area contributed by atoms with Gasteiger partial charge in [-0.3, -0.25) is 24.5 Å². The quantitative estimate of drug-likeness (QED) is 0.316. The Kier molecular flexibility index (Phi) is 6.48. The smallest absolute Gasteiger partial charge is 0.313 e. The Morgan fingerprint density at radius 3 is 2.73 bits per heavy atom. The number of non-ortho nitro benzene ring substituents is 1. The van der Waals surface area contributed by atoms with Crippen LogP contribution in [0, 0.1) is 10.1 Å². The number of nitrogens with one attached hydrogen (secondary N) is 2. The number of carbonyl (C=O) groups is 3. The Labute approximate surface area is 149 Å². The summed E-state index contributed by atoms with van der Waals surface area (Å²) in [5.41, 5.74) is -0.207. The highest BCUT2D eigenvalue weighted by atomic mass is 16.6. The third kappa shape index (κ3) is 4.91. The van der Waals surface area contributed by atoms with Crippen LogP contribution in [0.3, 0.4) is 0 Å². The van der Waals surface area contributed by atoms with Crippen molar-refractivity contribution in [2.24, 2.45) is 0 Å². The molecule has 0 aromatic heterocycles. The normalized spacial score (nSPS) is 13.4. The van der Waals surface area contributed by atoms with Gasteiger partial charge in [-0.1, -0.05) is 0 Å². The van der Waals surface area contributed by atoms with Gasteiger partial charge in [0.05, 0.1) is 17.7 Å². The van der Waals surface area contributed by atoms with E-state index < -0.39 is 16.7 Å². The lowest BCUT2D eigenvalue weighted by atomic mass is 10.2. The van der Waals surface area contributed by atoms with Gasteiger partial charge in [-0.25, -0.2) is 0 Å². The Morgan fingerprint density at radius 2 is 2.12 bits per heavy atom. The second-order valence-corrected chi connectivity index (χ2v) is 5.69. The zero-order chi connectivity index (χ0) is 19.1. The van der Waals surface area contributed by atoms with E-state index in [0.29, 0.717) is 19.4 Å². The monoisotopic (exact) mass is 364 g/mol. The minimum atomic E-state index is -0.957. The topological polar surface area (TPSA) is 131 Å². The van der Waals surface area contributed by atoms with Crippen LogP contribution in [0.5, 0.6) is 5.75 Å². The molecule has 0 aliphatic carbocycles. The summed E-state index contributed by atoms with van der Waals surface area (Å²) in [6.07, 6.45) is 1.93. The number of carbonyl (C=O) groups excluding carboxylic acids is 3. The Hall–Kier alpha value is -3.17. The predicted octanol–water partition coefficient (Wildman–Crippen LogP) is 0.671. The van der Waals surface area contributed by atoms with Crippen molar-refractivity contribution < 1.29 is 24.0 Å². The van der Waals surface area contributed by atoms with Gasteiger partial charge in [0.1, 0.15) is 5.75 Å². The van der Waals surface area contributed by atoms with Gasteiger partial charge in [0.2, 0.25) is 5.91 Å². The number of nitrogens with zero attached hydrogens (tertiary/aromatic N) is 2. The molecular weight excluding hydrogens is 344 g/mol. The summed E-state index contributed by atoms with van der Waals surface area (Å²) < 4.78 is 5.02. The molecule has 2 rings (SSSR count). The zero-order valence-corrected chi connectivity index (χ0v) is 14.3. The fraction of sp³-hybridized carbons (Fsp3) is 0.438. The number of amides is 3. The van der Waals surface area contributed by atoms with Crippen molar-refractivity contribution in [1.82, 2.24) is 10.2 Å². The molecule has 1 heterocycles. The molecule has 10 nitrogen and oxygen atoms in total. The summed E-state index contributed by atoms with van der Waals surface area (Å²) in [6, 6.07) is 3.68. The first-order valence-electron chi connectivity index (χ1n) is 8.11. The van der Waals surface area contributed by atoms with E-state index in [4.69, 9.17) is 4.74 Å². The third-order valence-electron chi connectivity index (χ3n) is 3.91. The predicted molar refractivity (Wildman–Crippen MR) is 91.7 cm³/mol. The van der Waals surface area contributed by atoms with Crippen molar-refractivity contribution in [2.75, 3.05) is 32.1 Å². The van der Waals surface area contributed by atoms with Crippen molar-refractivity contribution >= 4 is 29.1 Å². The number of hydrogen-bond donors (Lipinski definition) is 2. The molecule has 0 saturated carbocycles. The Morgan fingerprint density at radius 1 is 1.35 bits per heavy atom. The first-order valence-corrected chi connectivity index (χ1v) is 8.11. The van der Waals surface area contributed by atoms with Crippen molar-refractivity contribution in [3.63, 3.8) is 0 Å². The number of nitro groups is 1. The van der Waals surface area contributed by atoms with Crippen LogP contribution in [0.25, 0.3) is 0 Å². The molecule has 0 spiro atoms. The van der Waals surface area contributed by atoms with E-state index in [-0.39, 0.29) is 29.6 Å². The van der Waals surface area contributed by atoms with E-state index in [9.17, 15) is 24.5 Å². The molecule has 0 radical (unpaired) electrons. The van der Waals surface area contributed by atoms with Gasteiger partial charge in [0.15, 0.2) is 0 Å². The van der Waals surface area contributed by atoms with Gasteiger partial charge in [0, 0.05) is 38.2 Å². The lowest BCUT2D eigenvalue weighted by Gasteiger charge is -2.15. The fourth-order valence-corrected chi connectivity index (χ4v) is 2.58. The molecule has 1 saturated heterocycles. The van der Waals surface area contributed by atoms with E-state index in [1.807, 2.05) is 0 Å². The zero-order valence-electron chi connectivity index (χ0n) is 14.3. The second kappa shape index (κ2) is 8.79. The van der Waals surface area contributed by atoms with Crippen LogP contribution in [0.15, 0.2) is 18.2 Å². The highest BCUT2D eigenvalue weighted by Crippen LogP contribution is 2.28. The maximum atomic E-state index is 12.0. The summed E-state index contributed by atoms with van der Waals surface area (Å²) >= 11 is 0. The molecule has 0 atom stereocenters. The molecule has 1 aliphatic rings. The summed E-state index contributed by atoms with van der Waals surface area (Å²) in [4.78, 5) is 47.2. The first kappa shape index (κ1) is 19.2. The van der Waals surface area contributed by atoms with Crippen LogP contribution in [0.2, 0.25) is 0 Å². The molecule has 1 aromatic rings. The Balaban J connectivity index is 1.84. The maximum Gasteiger partial charge on any atom is 0.313 e. The number of anilines is 1. The number of rotatable bonds is 7. The second-order valence-electron chi connectivity index (χ2n) is 5.69. The molecule has 26 heavy (non-hydrogen) atoms. The van der Waals surface area contributed by atoms with Crippen molar-refractivity contribution in [1.29, 1.82) is 0 Å². The number of methoxy groups -OCH3 is 1. The van der Waals surface area contributed by atoms with Gasteiger partial charge in [-0.2, -0.15) is 0 Å². The van der Waals surface area contributed by atoms with E-state index in [2.05, 4.69) is 10.6 Å². The number of hydrogen-bond acceptors (Lipinski definition) is 6. The minimum Gasteiger partial charge on any atom is -0.495 e. The molecule has 140 valence electrons. The van der Waals surface area contributed by atoms with Gasteiger partial charge in [-0.05, 0) is 18.9 Å². The standard InChI is InChI=1S/C16H20N4O6/c1-26-13-6-5-11(20(24)25)10-12(13)18-16(23)15(22)17-7-3-9-19-8-2-4-14(19)21/h5-6,10H,2-4,7-9H2,1H3,(H,17,22)(H,18,23). The van der Waals surface area contributed by atoms with Crippen LogP contribution in [0.4, 0.5) is 11.4 Å². The number of nitro benzene ring substituents is 1. The molecule has 2 N–H and O–H groups in total. The highest BCUT2D eigenvalue weighted by molar-refractivity contribution is 6.39. The minimum absolute atomic E-state index is 0.0320. The SMILES string of the molecule is COc1ccc([N+](=O)[O-])cc1NC(=O)C(=O)NCCCN1CCCC1=O. The van der Waals surface area contributed by atoms with Gasteiger partial charge < -0.3 is 20.3 Å². The molecule has 1 fully saturated rings. The van der Waals surface area contributed by atoms with Crippen LogP contribution < -0.4 is 15.4 Å². The van der Waals surface area contributed by atoms with Gasteiger partial charge in [0.25, 0.3) is 5.69 Å². The summed E-state index contributed by atoms with van der Waals surface area (Å²) in [6.45, 7) is 1.49. The molecule has 0 bridgehead atoms. The molecule has 10 heteroatoms. The fourth-order valence-electron chi connectivity index (χ4n) is 2.58. The lowest BCUT2D eigenvalue weighted by Crippen LogP contribution is -2.37. The van der Waals surface area contributed by atoms with Gasteiger partial charge >= 0.3 is 11.8 Å². The largest absolute Gasteiger partial charge is 0.495 e. The van der Waals surface area contributed by atoms with E-state index >= 15 is 0 Å². The number of ether oxygens (including phenoxy) is 1. The van der Waals surface area contributed by atoms with Crippen LogP contribution in [-0.4, -0.2) is 54.3 Å². The summed E-state index contributed by atoms with van der Waals surface area (Å²) in [5, 5.41) is 15.6. The number of likely N-dealkylation sites (tertiary alicyclic amines) is 1. The average molecular weight is 364 g/mol. The van der Waals surface area contributed by atoms with Crippen molar-refractivity contribution in [3.8, 4) is 5.75 Å². The first-order chi connectivity index (χ1) is 12.4.